The molecule has 0 saturated carbocycles. The van der Waals surface area contributed by atoms with Crippen LogP contribution >= 0.6 is 0 Å². The largest absolute Gasteiger partial charge is 0.336 e. The van der Waals surface area contributed by atoms with Gasteiger partial charge >= 0.3 is 0 Å². The normalized spacial score (nSPS) is 25.6. The van der Waals surface area contributed by atoms with E-state index in [1.54, 1.807) is 12.1 Å². The predicted octanol–water partition coefficient (Wildman–Crippen LogP) is 3.04. The Balaban J connectivity index is 1.80. The van der Waals surface area contributed by atoms with Crippen LogP contribution in [-0.2, 0) is 5.41 Å². The van der Waals surface area contributed by atoms with Gasteiger partial charge in [-0.3, -0.25) is 9.69 Å². The number of fused-ring (bicyclic) bond motifs is 2. The molecule has 3 rings (SSSR count). The first kappa shape index (κ1) is 15.5. The highest BCUT2D eigenvalue weighted by molar-refractivity contribution is 5.94. The minimum atomic E-state index is -0.282. The maximum absolute atomic E-state index is 14.3. The van der Waals surface area contributed by atoms with Crippen LogP contribution in [0.1, 0.15) is 49.5 Å². The van der Waals surface area contributed by atoms with E-state index >= 15 is 0 Å². The summed E-state index contributed by atoms with van der Waals surface area (Å²) in [6, 6.07) is 5.85. The highest BCUT2D eigenvalue weighted by atomic mass is 19.1. The molecule has 1 aromatic carbocycles. The van der Waals surface area contributed by atoms with Crippen LogP contribution in [0.15, 0.2) is 18.2 Å². The number of carbonyl (C=O) groups excluding carboxylic acids is 1. The van der Waals surface area contributed by atoms with E-state index in [4.69, 9.17) is 0 Å². The Labute approximate surface area is 132 Å². The molecule has 2 atom stereocenters. The summed E-state index contributed by atoms with van der Waals surface area (Å²) in [6.45, 7) is 7.45. The van der Waals surface area contributed by atoms with Gasteiger partial charge < -0.3 is 4.90 Å². The van der Waals surface area contributed by atoms with Gasteiger partial charge in [-0.15, -0.1) is 0 Å². The number of hydrogen-bond acceptors (Lipinski definition) is 2. The van der Waals surface area contributed by atoms with Crippen molar-refractivity contribution in [1.82, 2.24) is 9.80 Å². The molecular weight excluding hydrogens is 279 g/mol. The van der Waals surface area contributed by atoms with Crippen molar-refractivity contribution in [2.24, 2.45) is 0 Å². The minimum absolute atomic E-state index is 0.0376. The molecule has 0 unspecified atom stereocenters. The van der Waals surface area contributed by atoms with Crippen molar-refractivity contribution in [3.05, 3.63) is 35.1 Å². The van der Waals surface area contributed by atoms with Crippen molar-refractivity contribution in [1.29, 1.82) is 0 Å². The number of rotatable bonds is 1. The van der Waals surface area contributed by atoms with Crippen molar-refractivity contribution < 1.29 is 9.18 Å². The molecule has 2 aliphatic rings. The topological polar surface area (TPSA) is 23.6 Å². The SMILES string of the molecule is CN1[C@@H]2CC[C@H]1CN(C(=O)c1ccc(C(C)(C)C)c(F)c1)C2. The average molecular weight is 304 g/mol. The molecule has 0 N–H and O–H groups in total. The molecule has 0 spiro atoms. The lowest BCUT2D eigenvalue weighted by Gasteiger charge is -2.39. The molecule has 1 aromatic rings. The van der Waals surface area contributed by atoms with Gasteiger partial charge in [-0.2, -0.15) is 0 Å². The number of carbonyl (C=O) groups is 1. The van der Waals surface area contributed by atoms with Gasteiger partial charge in [0.05, 0.1) is 0 Å². The fraction of sp³-hybridized carbons (Fsp3) is 0.611. The number of likely N-dealkylation sites (N-methyl/N-ethyl adjacent to an activating group) is 1. The summed E-state index contributed by atoms with van der Waals surface area (Å²) in [6.07, 6.45) is 2.31. The highest BCUT2D eigenvalue weighted by Gasteiger charge is 2.39. The maximum atomic E-state index is 14.3. The van der Waals surface area contributed by atoms with E-state index < -0.39 is 0 Å². The summed E-state index contributed by atoms with van der Waals surface area (Å²) in [4.78, 5) is 17.0. The first-order valence-electron chi connectivity index (χ1n) is 8.08. The molecule has 0 aliphatic carbocycles. The van der Waals surface area contributed by atoms with E-state index in [2.05, 4.69) is 11.9 Å². The Bertz CT molecular complexity index is 579. The second-order valence-electron chi connectivity index (χ2n) is 7.71. The van der Waals surface area contributed by atoms with Gasteiger partial charge in [0.25, 0.3) is 5.91 Å². The van der Waals surface area contributed by atoms with Crippen molar-refractivity contribution in [3.63, 3.8) is 0 Å². The predicted molar refractivity (Wildman–Crippen MR) is 85.6 cm³/mol. The molecular formula is C18H25FN2O. The monoisotopic (exact) mass is 304 g/mol. The quantitative estimate of drug-likeness (QED) is 0.796. The molecule has 0 aromatic heterocycles. The van der Waals surface area contributed by atoms with Crippen molar-refractivity contribution in [3.8, 4) is 0 Å². The molecule has 2 heterocycles. The van der Waals surface area contributed by atoms with Crippen molar-refractivity contribution in [2.75, 3.05) is 20.1 Å². The minimum Gasteiger partial charge on any atom is -0.336 e. The fourth-order valence-corrected chi connectivity index (χ4v) is 3.72. The van der Waals surface area contributed by atoms with Crippen molar-refractivity contribution >= 4 is 5.91 Å². The number of benzene rings is 1. The summed E-state index contributed by atoms with van der Waals surface area (Å²) in [5, 5.41) is 0. The molecule has 0 radical (unpaired) electrons. The third kappa shape index (κ3) is 2.65. The molecule has 4 heteroatoms. The van der Waals surface area contributed by atoms with Crippen LogP contribution in [0.3, 0.4) is 0 Å². The van der Waals surface area contributed by atoms with Crippen molar-refractivity contribution in [2.45, 2.75) is 51.1 Å². The van der Waals surface area contributed by atoms with E-state index in [1.807, 2.05) is 25.7 Å². The molecule has 3 nitrogen and oxygen atoms in total. The Morgan fingerprint density at radius 2 is 1.77 bits per heavy atom. The number of piperazine rings is 1. The summed E-state index contributed by atoms with van der Waals surface area (Å²) in [7, 11) is 2.14. The molecule has 120 valence electrons. The van der Waals surface area contributed by atoms with E-state index in [1.165, 1.54) is 6.07 Å². The molecule has 2 aliphatic heterocycles. The van der Waals surface area contributed by atoms with Crippen LogP contribution in [0, 0.1) is 5.82 Å². The van der Waals surface area contributed by atoms with Gasteiger partial charge in [0.15, 0.2) is 0 Å². The van der Waals surface area contributed by atoms with Crippen LogP contribution in [0.4, 0.5) is 4.39 Å². The highest BCUT2D eigenvalue weighted by Crippen LogP contribution is 2.30. The van der Waals surface area contributed by atoms with Crippen LogP contribution in [0.25, 0.3) is 0 Å². The number of likely N-dealkylation sites (tertiary alicyclic amines) is 1. The molecule has 2 fully saturated rings. The molecule has 1 amide bonds. The number of halogens is 1. The third-order valence-electron chi connectivity index (χ3n) is 5.16. The van der Waals surface area contributed by atoms with E-state index in [0.717, 1.165) is 25.9 Å². The lowest BCUT2D eigenvalue weighted by molar-refractivity contribution is 0.0523. The van der Waals surface area contributed by atoms with Gasteiger partial charge in [0.2, 0.25) is 0 Å². The zero-order valence-corrected chi connectivity index (χ0v) is 13.9. The summed E-state index contributed by atoms with van der Waals surface area (Å²) >= 11 is 0. The van der Waals surface area contributed by atoms with Gasteiger partial charge in [0, 0.05) is 30.7 Å². The lowest BCUT2D eigenvalue weighted by atomic mass is 9.86. The molecule has 22 heavy (non-hydrogen) atoms. The Morgan fingerprint density at radius 3 is 2.27 bits per heavy atom. The van der Waals surface area contributed by atoms with E-state index in [-0.39, 0.29) is 17.1 Å². The Kier molecular flexibility index (Phi) is 3.76. The number of amides is 1. The third-order valence-corrected chi connectivity index (χ3v) is 5.16. The fourth-order valence-electron chi connectivity index (χ4n) is 3.72. The maximum Gasteiger partial charge on any atom is 0.254 e. The lowest BCUT2D eigenvalue weighted by Crippen LogP contribution is -2.53. The molecule has 2 saturated heterocycles. The van der Waals surface area contributed by atoms with E-state index in [0.29, 0.717) is 23.2 Å². The van der Waals surface area contributed by atoms with Gasteiger partial charge in [-0.1, -0.05) is 26.8 Å². The second-order valence-corrected chi connectivity index (χ2v) is 7.71. The number of hydrogen-bond donors (Lipinski definition) is 0. The Hall–Kier alpha value is -1.42. The van der Waals surface area contributed by atoms with E-state index in [9.17, 15) is 9.18 Å². The first-order chi connectivity index (χ1) is 10.3. The summed E-state index contributed by atoms with van der Waals surface area (Å²) in [5.41, 5.74) is 0.871. The van der Waals surface area contributed by atoms with Gasteiger partial charge in [-0.05, 0) is 43.0 Å². The number of nitrogens with zero attached hydrogens (tertiary/aromatic N) is 2. The average Bonchev–Trinajstić information content (AvgIpc) is 2.66. The Morgan fingerprint density at radius 1 is 1.18 bits per heavy atom. The first-order valence-corrected chi connectivity index (χ1v) is 8.08. The molecule has 2 bridgehead atoms. The second kappa shape index (κ2) is 5.34. The summed E-state index contributed by atoms with van der Waals surface area (Å²) < 4.78 is 14.3. The van der Waals surface area contributed by atoms with Crippen LogP contribution in [0.2, 0.25) is 0 Å². The van der Waals surface area contributed by atoms with Crippen LogP contribution in [-0.4, -0.2) is 47.9 Å². The van der Waals surface area contributed by atoms with Gasteiger partial charge in [0.1, 0.15) is 5.82 Å². The smallest absolute Gasteiger partial charge is 0.254 e. The van der Waals surface area contributed by atoms with Crippen LogP contribution < -0.4 is 0 Å². The zero-order chi connectivity index (χ0) is 16.1. The summed E-state index contributed by atoms with van der Waals surface area (Å²) in [5.74, 6) is -0.320. The zero-order valence-electron chi connectivity index (χ0n) is 13.9. The van der Waals surface area contributed by atoms with Gasteiger partial charge in [-0.25, -0.2) is 4.39 Å². The van der Waals surface area contributed by atoms with Crippen LogP contribution in [0.5, 0.6) is 0 Å². The standard InChI is InChI=1S/C18H25FN2O/c1-18(2,3)15-8-5-12(9-16(15)19)17(22)21-10-13-6-7-14(11-21)20(13)4/h5,8-9,13-14H,6-7,10-11H2,1-4H3/t13-,14+.